The van der Waals surface area contributed by atoms with Crippen LogP contribution in [0.5, 0.6) is 0 Å². The zero-order valence-corrected chi connectivity index (χ0v) is 17.4. The number of imidazole rings is 1. The summed E-state index contributed by atoms with van der Waals surface area (Å²) in [6, 6.07) is 11.4. The summed E-state index contributed by atoms with van der Waals surface area (Å²) in [6.07, 6.45) is 8.00. The average Bonchev–Trinajstić information content (AvgIpc) is 3.25. The molecule has 0 aliphatic carbocycles. The van der Waals surface area contributed by atoms with E-state index in [0.717, 1.165) is 32.1 Å². The molecule has 156 valence electrons. The number of nitrogens with one attached hydrogen (secondary N) is 1. The van der Waals surface area contributed by atoms with E-state index in [2.05, 4.69) is 45.1 Å². The molecule has 0 radical (unpaired) electrons. The number of ether oxygens (including phenoxy) is 1. The highest BCUT2D eigenvalue weighted by Gasteiger charge is 2.38. The second-order valence-electron chi connectivity index (χ2n) is 9.11. The van der Waals surface area contributed by atoms with Crippen LogP contribution in [-0.4, -0.2) is 59.2 Å². The minimum absolute atomic E-state index is 0.492. The summed E-state index contributed by atoms with van der Waals surface area (Å²) in [6.45, 7) is 7.73. The van der Waals surface area contributed by atoms with Gasteiger partial charge in [0.05, 0.1) is 18.1 Å². The summed E-state index contributed by atoms with van der Waals surface area (Å²) in [7, 11) is 0. The minimum Gasteiger partial charge on any atom is -0.381 e. The standard InChI is InChI=1S/C24H34N4O/c1-2-4-19(5-3-1)16-27-11-6-21(7-12-27)24-23-22(25-18-26-23)8-13-28(24)17-20-9-14-29-15-10-20/h1-5,18,20-21,24H,6-17H2,(H,25,26). The van der Waals surface area contributed by atoms with Crippen molar-refractivity contribution >= 4 is 0 Å². The monoisotopic (exact) mass is 394 g/mol. The predicted octanol–water partition coefficient (Wildman–Crippen LogP) is 3.65. The van der Waals surface area contributed by atoms with Crippen molar-refractivity contribution in [2.45, 2.75) is 44.7 Å². The fourth-order valence-electron chi connectivity index (χ4n) is 5.61. The van der Waals surface area contributed by atoms with Gasteiger partial charge >= 0.3 is 0 Å². The maximum atomic E-state index is 5.60. The first-order valence-corrected chi connectivity index (χ1v) is 11.5. The van der Waals surface area contributed by atoms with Crippen LogP contribution in [0.2, 0.25) is 0 Å². The number of fused-ring (bicyclic) bond motifs is 1. The lowest BCUT2D eigenvalue weighted by atomic mass is 9.83. The number of hydrogen-bond acceptors (Lipinski definition) is 4. The van der Waals surface area contributed by atoms with Crippen molar-refractivity contribution in [1.29, 1.82) is 0 Å². The van der Waals surface area contributed by atoms with Crippen molar-refractivity contribution in [2.24, 2.45) is 11.8 Å². The Morgan fingerprint density at radius 3 is 2.59 bits per heavy atom. The number of nitrogens with zero attached hydrogens (tertiary/aromatic N) is 3. The average molecular weight is 395 g/mol. The van der Waals surface area contributed by atoms with E-state index in [1.54, 1.807) is 0 Å². The van der Waals surface area contributed by atoms with E-state index in [1.165, 1.54) is 68.8 Å². The summed E-state index contributed by atoms with van der Waals surface area (Å²) in [5, 5.41) is 0. The molecule has 3 aliphatic rings. The van der Waals surface area contributed by atoms with E-state index in [-0.39, 0.29) is 0 Å². The first-order chi connectivity index (χ1) is 14.4. The van der Waals surface area contributed by atoms with Gasteiger partial charge in [-0.05, 0) is 56.2 Å². The van der Waals surface area contributed by atoms with Crippen LogP contribution in [0.1, 0.15) is 48.7 Å². The molecule has 2 saturated heterocycles. The van der Waals surface area contributed by atoms with Crippen molar-refractivity contribution in [3.63, 3.8) is 0 Å². The van der Waals surface area contributed by atoms with Crippen LogP contribution in [0.4, 0.5) is 0 Å². The van der Waals surface area contributed by atoms with Crippen LogP contribution >= 0.6 is 0 Å². The maximum Gasteiger partial charge on any atom is 0.0925 e. The lowest BCUT2D eigenvalue weighted by molar-refractivity contribution is 0.0240. The molecule has 0 saturated carbocycles. The van der Waals surface area contributed by atoms with Gasteiger partial charge in [-0.1, -0.05) is 30.3 Å². The normalized spacial score (nSPS) is 25.2. The fraction of sp³-hybridized carbons (Fsp3) is 0.625. The van der Waals surface area contributed by atoms with Gasteiger partial charge in [-0.2, -0.15) is 0 Å². The third kappa shape index (κ3) is 4.42. The first kappa shape index (κ1) is 19.3. The molecule has 0 amide bonds. The van der Waals surface area contributed by atoms with Gasteiger partial charge in [0.1, 0.15) is 0 Å². The van der Waals surface area contributed by atoms with Gasteiger partial charge in [-0.25, -0.2) is 4.98 Å². The number of likely N-dealkylation sites (tertiary alicyclic amines) is 1. The van der Waals surface area contributed by atoms with Crippen LogP contribution in [0.3, 0.4) is 0 Å². The number of H-pyrrole nitrogens is 1. The Balaban J connectivity index is 1.26. The molecular formula is C24H34N4O. The van der Waals surface area contributed by atoms with E-state index >= 15 is 0 Å². The number of aromatic nitrogens is 2. The number of rotatable bonds is 5. The van der Waals surface area contributed by atoms with Crippen LogP contribution < -0.4 is 0 Å². The third-order valence-corrected chi connectivity index (χ3v) is 7.24. The highest BCUT2D eigenvalue weighted by Crippen LogP contribution is 2.39. The fourth-order valence-corrected chi connectivity index (χ4v) is 5.61. The molecule has 0 bridgehead atoms. The van der Waals surface area contributed by atoms with Crippen LogP contribution in [-0.2, 0) is 17.7 Å². The molecule has 2 aromatic rings. The van der Waals surface area contributed by atoms with Crippen LogP contribution in [0.15, 0.2) is 36.7 Å². The molecule has 5 rings (SSSR count). The molecule has 5 heteroatoms. The predicted molar refractivity (Wildman–Crippen MR) is 115 cm³/mol. The molecular weight excluding hydrogens is 360 g/mol. The van der Waals surface area contributed by atoms with Crippen LogP contribution in [0.25, 0.3) is 0 Å². The Labute approximate surface area is 174 Å². The third-order valence-electron chi connectivity index (χ3n) is 7.24. The van der Waals surface area contributed by atoms with Crippen molar-refractivity contribution in [3.8, 4) is 0 Å². The van der Waals surface area contributed by atoms with Crippen molar-refractivity contribution in [3.05, 3.63) is 53.6 Å². The Bertz CT molecular complexity index is 762. The smallest absolute Gasteiger partial charge is 0.0925 e. The second kappa shape index (κ2) is 8.99. The van der Waals surface area contributed by atoms with E-state index in [0.29, 0.717) is 12.0 Å². The van der Waals surface area contributed by atoms with Gasteiger partial charge in [-0.15, -0.1) is 0 Å². The molecule has 3 aliphatic heterocycles. The van der Waals surface area contributed by atoms with Crippen molar-refractivity contribution in [1.82, 2.24) is 19.8 Å². The molecule has 0 spiro atoms. The lowest BCUT2D eigenvalue weighted by Gasteiger charge is -2.44. The number of piperidine rings is 1. The Kier molecular flexibility index (Phi) is 5.97. The lowest BCUT2D eigenvalue weighted by Crippen LogP contribution is -2.45. The van der Waals surface area contributed by atoms with Crippen molar-refractivity contribution < 1.29 is 4.74 Å². The highest BCUT2D eigenvalue weighted by atomic mass is 16.5. The van der Waals surface area contributed by atoms with Gasteiger partial charge < -0.3 is 9.72 Å². The first-order valence-electron chi connectivity index (χ1n) is 11.5. The summed E-state index contributed by atoms with van der Waals surface area (Å²) >= 11 is 0. The maximum absolute atomic E-state index is 5.60. The summed E-state index contributed by atoms with van der Waals surface area (Å²) in [4.78, 5) is 13.6. The quantitative estimate of drug-likeness (QED) is 0.841. The molecule has 1 aromatic heterocycles. The number of hydrogen-bond donors (Lipinski definition) is 1. The highest BCUT2D eigenvalue weighted by molar-refractivity contribution is 5.21. The Morgan fingerprint density at radius 2 is 1.79 bits per heavy atom. The Morgan fingerprint density at radius 1 is 1.00 bits per heavy atom. The molecule has 1 N–H and O–H groups in total. The Hall–Kier alpha value is -1.69. The van der Waals surface area contributed by atoms with Crippen molar-refractivity contribution in [2.75, 3.05) is 39.4 Å². The molecule has 2 fully saturated rings. The van der Waals surface area contributed by atoms with Gasteiger partial charge in [-0.3, -0.25) is 9.80 Å². The van der Waals surface area contributed by atoms with Gasteiger partial charge in [0, 0.05) is 45.0 Å². The zero-order chi connectivity index (χ0) is 19.5. The second-order valence-corrected chi connectivity index (χ2v) is 9.11. The summed E-state index contributed by atoms with van der Waals surface area (Å²) in [5.41, 5.74) is 4.15. The van der Waals surface area contributed by atoms with E-state index in [4.69, 9.17) is 9.72 Å². The molecule has 4 heterocycles. The number of benzene rings is 1. The topological polar surface area (TPSA) is 44.4 Å². The molecule has 5 nitrogen and oxygen atoms in total. The van der Waals surface area contributed by atoms with E-state index in [1.807, 2.05) is 6.33 Å². The SMILES string of the molecule is c1ccc(CN2CCC(C3c4nc[nH]c4CCN3CC3CCOCC3)CC2)cc1. The zero-order valence-electron chi connectivity index (χ0n) is 17.4. The van der Waals surface area contributed by atoms with E-state index in [9.17, 15) is 0 Å². The summed E-state index contributed by atoms with van der Waals surface area (Å²) < 4.78 is 5.60. The van der Waals surface area contributed by atoms with Gasteiger partial charge in [0.2, 0.25) is 0 Å². The van der Waals surface area contributed by atoms with Crippen LogP contribution in [0, 0.1) is 11.8 Å². The molecule has 1 atom stereocenters. The summed E-state index contributed by atoms with van der Waals surface area (Å²) in [5.74, 6) is 1.49. The minimum atomic E-state index is 0.492. The largest absolute Gasteiger partial charge is 0.381 e. The number of aromatic amines is 1. The van der Waals surface area contributed by atoms with Gasteiger partial charge in [0.15, 0.2) is 0 Å². The molecule has 1 aromatic carbocycles. The molecule has 29 heavy (non-hydrogen) atoms. The van der Waals surface area contributed by atoms with Gasteiger partial charge in [0.25, 0.3) is 0 Å². The van der Waals surface area contributed by atoms with E-state index < -0.39 is 0 Å². The molecule has 1 unspecified atom stereocenters.